The fourth-order valence-electron chi connectivity index (χ4n) is 9.13. The molecule has 0 radical (unpaired) electrons. The first-order valence-electron chi connectivity index (χ1n) is 18.5. The van der Waals surface area contributed by atoms with Crippen molar-refractivity contribution < 1.29 is 0 Å². The SMILES string of the molecule is c1ccc2c(-c3c4ccccc4c(-c4ccc(-c5ccc6sc7ccc8c9ccccc9sc8c7c6c5)c5ccccc45)c4ccccc34)cccc2c1. The molecule has 0 amide bonds. The first-order valence-corrected chi connectivity index (χ1v) is 20.1. The highest BCUT2D eigenvalue weighted by Crippen LogP contribution is 2.49. The Morgan fingerprint density at radius 2 is 0.796 bits per heavy atom. The van der Waals surface area contributed by atoms with Crippen LogP contribution in [0.2, 0.25) is 0 Å². The molecule has 0 fully saturated rings. The topological polar surface area (TPSA) is 0 Å². The lowest BCUT2D eigenvalue weighted by Gasteiger charge is -2.20. The molecule has 54 heavy (non-hydrogen) atoms. The minimum absolute atomic E-state index is 1.25. The first kappa shape index (κ1) is 30.2. The van der Waals surface area contributed by atoms with Crippen LogP contribution < -0.4 is 0 Å². The van der Waals surface area contributed by atoms with Gasteiger partial charge in [0.2, 0.25) is 0 Å². The Morgan fingerprint density at radius 3 is 1.52 bits per heavy atom. The van der Waals surface area contributed by atoms with Gasteiger partial charge in [-0.25, -0.2) is 0 Å². The summed E-state index contributed by atoms with van der Waals surface area (Å²) in [5.41, 5.74) is 7.65. The van der Waals surface area contributed by atoms with E-state index < -0.39 is 0 Å². The van der Waals surface area contributed by atoms with Crippen LogP contribution in [-0.2, 0) is 0 Å². The predicted molar refractivity (Wildman–Crippen MR) is 239 cm³/mol. The Hall–Kier alpha value is -6.32. The van der Waals surface area contributed by atoms with Gasteiger partial charge in [-0.1, -0.05) is 158 Å². The first-order chi connectivity index (χ1) is 26.8. The van der Waals surface area contributed by atoms with E-state index in [2.05, 4.69) is 182 Å². The quantitative estimate of drug-likeness (QED) is 0.160. The van der Waals surface area contributed by atoms with Gasteiger partial charge in [0.1, 0.15) is 0 Å². The van der Waals surface area contributed by atoms with Gasteiger partial charge in [-0.05, 0) is 101 Å². The van der Waals surface area contributed by atoms with Gasteiger partial charge in [0.25, 0.3) is 0 Å². The third kappa shape index (κ3) is 4.30. The molecular weight excluding hydrogens is 689 g/mol. The number of rotatable bonds is 3. The minimum Gasteiger partial charge on any atom is -0.135 e. The molecule has 2 aromatic heterocycles. The number of fused-ring (bicyclic) bond motifs is 11. The lowest BCUT2D eigenvalue weighted by molar-refractivity contribution is 1.67. The summed E-state index contributed by atoms with van der Waals surface area (Å²) in [5, 5.41) is 15.6. The molecule has 10 aromatic carbocycles. The molecule has 12 aromatic rings. The number of thiophene rings is 2. The van der Waals surface area contributed by atoms with Gasteiger partial charge < -0.3 is 0 Å². The molecule has 0 saturated heterocycles. The van der Waals surface area contributed by atoms with Gasteiger partial charge in [0.15, 0.2) is 0 Å². The van der Waals surface area contributed by atoms with E-state index in [-0.39, 0.29) is 0 Å². The number of benzene rings is 10. The maximum absolute atomic E-state index is 2.45. The van der Waals surface area contributed by atoms with Crippen molar-refractivity contribution in [1.82, 2.24) is 0 Å². The molecule has 250 valence electrons. The van der Waals surface area contributed by atoms with Crippen molar-refractivity contribution in [2.24, 2.45) is 0 Å². The standard InChI is InChI=1S/C52H30S2/c1-2-14-33-31(12-1)13-11-22-38(33)49-39-18-5-7-20-41(39)50(42-21-8-6-19-40(42)49)43-26-25-34(35-15-3-4-16-36(35)43)32-24-28-47-45(30-32)51-48(53-47)29-27-44-37-17-9-10-23-46(37)54-52(44)51/h1-30H. The van der Waals surface area contributed by atoms with Crippen LogP contribution in [0.4, 0.5) is 0 Å². The Labute approximate surface area is 319 Å². The average molecular weight is 719 g/mol. The summed E-state index contributed by atoms with van der Waals surface area (Å²) in [5.74, 6) is 0. The van der Waals surface area contributed by atoms with Gasteiger partial charge in [-0.2, -0.15) is 0 Å². The van der Waals surface area contributed by atoms with E-state index in [0.717, 1.165) is 0 Å². The van der Waals surface area contributed by atoms with Crippen molar-refractivity contribution in [2.45, 2.75) is 0 Å². The van der Waals surface area contributed by atoms with Crippen molar-refractivity contribution in [3.05, 3.63) is 182 Å². The van der Waals surface area contributed by atoms with Crippen molar-refractivity contribution in [3.8, 4) is 33.4 Å². The van der Waals surface area contributed by atoms with Crippen molar-refractivity contribution in [1.29, 1.82) is 0 Å². The van der Waals surface area contributed by atoms with E-state index >= 15 is 0 Å². The van der Waals surface area contributed by atoms with Crippen LogP contribution in [0.25, 0.3) is 117 Å². The second-order valence-electron chi connectivity index (χ2n) is 14.3. The van der Waals surface area contributed by atoms with Crippen LogP contribution in [-0.4, -0.2) is 0 Å². The molecular formula is C52H30S2. The summed E-state index contributed by atoms with van der Waals surface area (Å²) in [4.78, 5) is 0. The monoisotopic (exact) mass is 718 g/mol. The Morgan fingerprint density at radius 1 is 0.278 bits per heavy atom. The summed E-state index contributed by atoms with van der Waals surface area (Å²) < 4.78 is 5.43. The number of hydrogen-bond acceptors (Lipinski definition) is 2. The molecule has 0 aliphatic heterocycles. The zero-order chi connectivity index (χ0) is 35.3. The summed E-state index contributed by atoms with van der Waals surface area (Å²) >= 11 is 3.83. The lowest BCUT2D eigenvalue weighted by atomic mass is 9.83. The van der Waals surface area contributed by atoms with E-state index in [0.29, 0.717) is 0 Å². The van der Waals surface area contributed by atoms with Crippen LogP contribution in [0.3, 0.4) is 0 Å². The molecule has 2 heteroatoms. The van der Waals surface area contributed by atoms with Crippen molar-refractivity contribution in [3.63, 3.8) is 0 Å². The van der Waals surface area contributed by atoms with Gasteiger partial charge in [0.05, 0.1) is 0 Å². The van der Waals surface area contributed by atoms with Crippen LogP contribution in [0.5, 0.6) is 0 Å². The van der Waals surface area contributed by atoms with E-state index in [1.54, 1.807) is 0 Å². The molecule has 2 heterocycles. The molecule has 0 saturated carbocycles. The fourth-order valence-corrected chi connectivity index (χ4v) is 11.6. The molecule has 0 spiro atoms. The molecule has 0 atom stereocenters. The third-order valence-corrected chi connectivity index (χ3v) is 13.8. The van der Waals surface area contributed by atoms with E-state index in [1.165, 1.54) is 117 Å². The average Bonchev–Trinajstić information content (AvgIpc) is 3.80. The highest BCUT2D eigenvalue weighted by Gasteiger charge is 2.20. The summed E-state index contributed by atoms with van der Waals surface area (Å²) in [6.45, 7) is 0. The smallest absolute Gasteiger partial charge is 0.0448 e. The Bertz CT molecular complexity index is 3440. The Balaban J connectivity index is 1.11. The second-order valence-corrected chi connectivity index (χ2v) is 16.4. The van der Waals surface area contributed by atoms with Gasteiger partial charge in [0, 0.05) is 40.3 Å². The highest BCUT2D eigenvalue weighted by atomic mass is 32.1. The van der Waals surface area contributed by atoms with E-state index in [4.69, 9.17) is 0 Å². The van der Waals surface area contributed by atoms with Crippen LogP contribution >= 0.6 is 22.7 Å². The van der Waals surface area contributed by atoms with Crippen LogP contribution in [0.1, 0.15) is 0 Å². The third-order valence-electron chi connectivity index (χ3n) is 11.5. The minimum atomic E-state index is 1.25. The molecule has 0 aliphatic carbocycles. The predicted octanol–water partition coefficient (Wildman–Crippen LogP) is 16.0. The molecule has 0 aliphatic rings. The molecule has 12 rings (SSSR count). The maximum Gasteiger partial charge on any atom is 0.0448 e. The largest absolute Gasteiger partial charge is 0.135 e. The highest BCUT2D eigenvalue weighted by molar-refractivity contribution is 7.29. The zero-order valence-corrected chi connectivity index (χ0v) is 30.8. The summed E-state index contributed by atoms with van der Waals surface area (Å²) in [7, 11) is 0. The Kier molecular flexibility index (Phi) is 6.48. The molecule has 0 bridgehead atoms. The molecule has 0 N–H and O–H groups in total. The number of hydrogen-bond donors (Lipinski definition) is 0. The summed E-state index contributed by atoms with van der Waals surface area (Å²) in [6.07, 6.45) is 0. The zero-order valence-electron chi connectivity index (χ0n) is 29.1. The van der Waals surface area contributed by atoms with Crippen molar-refractivity contribution in [2.75, 3.05) is 0 Å². The summed E-state index contributed by atoms with van der Waals surface area (Å²) in [6, 6.07) is 67.8. The molecule has 0 nitrogen and oxygen atoms in total. The van der Waals surface area contributed by atoms with E-state index in [9.17, 15) is 0 Å². The van der Waals surface area contributed by atoms with Gasteiger partial charge >= 0.3 is 0 Å². The fraction of sp³-hybridized carbons (Fsp3) is 0. The maximum atomic E-state index is 2.45. The van der Waals surface area contributed by atoms with E-state index in [1.807, 2.05) is 22.7 Å². The van der Waals surface area contributed by atoms with Gasteiger partial charge in [-0.3, -0.25) is 0 Å². The van der Waals surface area contributed by atoms with Crippen LogP contribution in [0, 0.1) is 0 Å². The molecule has 0 unspecified atom stereocenters. The van der Waals surface area contributed by atoms with Crippen LogP contribution in [0.15, 0.2) is 182 Å². The lowest BCUT2D eigenvalue weighted by Crippen LogP contribution is -1.93. The normalized spacial score (nSPS) is 12.1. The van der Waals surface area contributed by atoms with Crippen molar-refractivity contribution >= 4 is 106 Å². The van der Waals surface area contributed by atoms with Gasteiger partial charge in [-0.15, -0.1) is 22.7 Å². The second kappa shape index (κ2) is 11.6.